The molecule has 1 spiro atoms. The number of anilines is 1. The Labute approximate surface area is 152 Å². The number of amides is 1. The number of β-amino-alcohol motifs (C(OH)–C–C–N with tert-alkyl or cyclic N) is 1. The van der Waals surface area contributed by atoms with Crippen molar-refractivity contribution in [2.75, 3.05) is 52.2 Å². The van der Waals surface area contributed by atoms with Gasteiger partial charge in [0.15, 0.2) is 0 Å². The first-order valence-corrected chi connectivity index (χ1v) is 9.37. The summed E-state index contributed by atoms with van der Waals surface area (Å²) in [5, 5.41) is 10.3. The summed E-state index contributed by atoms with van der Waals surface area (Å²) in [7, 11) is 5.97. The third-order valence-corrected chi connectivity index (χ3v) is 5.17. The fraction of sp³-hybridized carbons (Fsp3) is 0.650. The molecule has 3 rings (SSSR count). The van der Waals surface area contributed by atoms with E-state index in [0.717, 1.165) is 37.2 Å². The van der Waals surface area contributed by atoms with E-state index in [9.17, 15) is 9.90 Å². The summed E-state index contributed by atoms with van der Waals surface area (Å²) in [6, 6.07) is 8.11. The molecule has 0 saturated carbocycles. The predicted molar refractivity (Wildman–Crippen MR) is 103 cm³/mol. The largest absolute Gasteiger partial charge is 0.390 e. The van der Waals surface area contributed by atoms with Crippen molar-refractivity contribution in [2.24, 2.45) is 0 Å². The zero-order valence-corrected chi connectivity index (χ0v) is 16.3. The fourth-order valence-electron chi connectivity index (χ4n) is 3.95. The molecule has 0 aliphatic carbocycles. The maximum absolute atomic E-state index is 13.2. The van der Waals surface area contributed by atoms with Crippen molar-refractivity contribution >= 4 is 11.6 Å². The molecule has 0 bridgehead atoms. The number of aliphatic hydroxyl groups is 1. The lowest BCUT2D eigenvalue weighted by molar-refractivity contribution is -0.125. The normalized spacial score (nSPS) is 20.4. The first-order valence-electron chi connectivity index (χ1n) is 9.37. The summed E-state index contributed by atoms with van der Waals surface area (Å²) < 4.78 is 0. The molecule has 2 heterocycles. The monoisotopic (exact) mass is 347 g/mol. The van der Waals surface area contributed by atoms with Crippen LogP contribution in [0.25, 0.3) is 0 Å². The van der Waals surface area contributed by atoms with E-state index in [1.807, 2.05) is 55.9 Å². The van der Waals surface area contributed by atoms with Crippen LogP contribution in [0.5, 0.6) is 0 Å². The summed E-state index contributed by atoms with van der Waals surface area (Å²) >= 11 is 0. The SMILES string of the molecule is CC.CN(C)CC(O)CN1C(=O)C2(CCN(C)CC2)c2ccccc21. The van der Waals surface area contributed by atoms with E-state index >= 15 is 0 Å². The zero-order chi connectivity index (χ0) is 18.6. The second-order valence-electron chi connectivity index (χ2n) is 7.23. The van der Waals surface area contributed by atoms with Crippen LogP contribution in [0.3, 0.4) is 0 Å². The Bertz CT molecular complexity index is 580. The minimum absolute atomic E-state index is 0.171. The van der Waals surface area contributed by atoms with Gasteiger partial charge in [-0.3, -0.25) is 4.79 Å². The molecule has 1 N–H and O–H groups in total. The number of hydrogen-bond donors (Lipinski definition) is 1. The van der Waals surface area contributed by atoms with Crippen LogP contribution >= 0.6 is 0 Å². The van der Waals surface area contributed by atoms with Crippen LogP contribution in [0, 0.1) is 0 Å². The molecular weight excluding hydrogens is 314 g/mol. The van der Waals surface area contributed by atoms with Gasteiger partial charge < -0.3 is 19.8 Å². The standard InChI is InChI=1S/C18H27N3O2.C2H6/c1-19(2)12-14(22)13-21-16-7-5-4-6-15(16)18(17(21)23)8-10-20(3)11-9-18;1-2/h4-7,14,22H,8-13H2,1-3H3;1-2H3. The lowest BCUT2D eigenvalue weighted by atomic mass is 9.74. The first-order chi connectivity index (χ1) is 11.9. The third-order valence-electron chi connectivity index (χ3n) is 5.17. The smallest absolute Gasteiger partial charge is 0.237 e. The number of likely N-dealkylation sites (tertiary alicyclic amines) is 1. The number of rotatable bonds is 4. The Hall–Kier alpha value is -1.43. The molecule has 5 nitrogen and oxygen atoms in total. The highest BCUT2D eigenvalue weighted by atomic mass is 16.3. The van der Waals surface area contributed by atoms with Crippen molar-refractivity contribution in [3.05, 3.63) is 29.8 Å². The van der Waals surface area contributed by atoms with Gasteiger partial charge in [-0.2, -0.15) is 0 Å². The molecular formula is C20H33N3O2. The van der Waals surface area contributed by atoms with E-state index in [1.165, 1.54) is 0 Å². The van der Waals surface area contributed by atoms with Crippen LogP contribution in [0.15, 0.2) is 24.3 Å². The second kappa shape index (κ2) is 8.30. The quantitative estimate of drug-likeness (QED) is 0.904. The highest BCUT2D eigenvalue weighted by molar-refractivity contribution is 6.08. The van der Waals surface area contributed by atoms with E-state index in [0.29, 0.717) is 13.1 Å². The average Bonchev–Trinajstić information content (AvgIpc) is 2.82. The zero-order valence-electron chi connectivity index (χ0n) is 16.3. The van der Waals surface area contributed by atoms with Gasteiger partial charge in [-0.25, -0.2) is 0 Å². The lowest BCUT2D eigenvalue weighted by Gasteiger charge is -2.37. The molecule has 5 heteroatoms. The lowest BCUT2D eigenvalue weighted by Crippen LogP contribution is -2.49. The van der Waals surface area contributed by atoms with Gasteiger partial charge in [0.1, 0.15) is 0 Å². The number of piperidine rings is 1. The summed E-state index contributed by atoms with van der Waals surface area (Å²) in [6.07, 6.45) is 1.18. The highest BCUT2D eigenvalue weighted by Gasteiger charge is 2.51. The van der Waals surface area contributed by atoms with E-state index in [2.05, 4.69) is 18.0 Å². The Morgan fingerprint density at radius 3 is 2.40 bits per heavy atom. The van der Waals surface area contributed by atoms with Gasteiger partial charge in [-0.1, -0.05) is 32.0 Å². The highest BCUT2D eigenvalue weighted by Crippen LogP contribution is 2.47. The minimum Gasteiger partial charge on any atom is -0.390 e. The van der Waals surface area contributed by atoms with Gasteiger partial charge >= 0.3 is 0 Å². The van der Waals surface area contributed by atoms with Crippen molar-refractivity contribution < 1.29 is 9.90 Å². The fourth-order valence-corrected chi connectivity index (χ4v) is 3.95. The van der Waals surface area contributed by atoms with Gasteiger partial charge in [-0.15, -0.1) is 0 Å². The molecule has 1 saturated heterocycles. The number of likely N-dealkylation sites (N-methyl/N-ethyl adjacent to an activating group) is 1. The average molecular weight is 348 g/mol. The Morgan fingerprint density at radius 1 is 1.20 bits per heavy atom. The van der Waals surface area contributed by atoms with Crippen LogP contribution in [0.4, 0.5) is 5.69 Å². The van der Waals surface area contributed by atoms with Crippen molar-refractivity contribution in [3.63, 3.8) is 0 Å². The molecule has 1 aromatic rings. The summed E-state index contributed by atoms with van der Waals surface area (Å²) in [6.45, 7) is 6.80. The molecule has 1 unspecified atom stereocenters. The van der Waals surface area contributed by atoms with E-state index < -0.39 is 6.10 Å². The molecule has 1 aromatic carbocycles. The topological polar surface area (TPSA) is 47.0 Å². The van der Waals surface area contributed by atoms with Crippen LogP contribution in [-0.2, 0) is 10.2 Å². The number of carbonyl (C=O) groups excluding carboxylic acids is 1. The number of carbonyl (C=O) groups is 1. The number of nitrogens with zero attached hydrogens (tertiary/aromatic N) is 3. The Kier molecular flexibility index (Phi) is 6.60. The van der Waals surface area contributed by atoms with E-state index in [1.54, 1.807) is 0 Å². The predicted octanol–water partition coefficient (Wildman–Crippen LogP) is 1.95. The number of fused-ring (bicyclic) bond motifs is 2. The van der Waals surface area contributed by atoms with Crippen LogP contribution in [0.2, 0.25) is 0 Å². The van der Waals surface area contributed by atoms with Gasteiger partial charge in [0.25, 0.3) is 0 Å². The molecule has 25 heavy (non-hydrogen) atoms. The molecule has 2 aliphatic rings. The summed E-state index contributed by atoms with van der Waals surface area (Å²) in [5.41, 5.74) is 1.75. The van der Waals surface area contributed by atoms with Crippen molar-refractivity contribution in [1.29, 1.82) is 0 Å². The second-order valence-corrected chi connectivity index (χ2v) is 7.23. The molecule has 2 aliphatic heterocycles. The van der Waals surface area contributed by atoms with Gasteiger partial charge in [0.2, 0.25) is 5.91 Å². The number of benzene rings is 1. The van der Waals surface area contributed by atoms with Crippen molar-refractivity contribution in [1.82, 2.24) is 9.80 Å². The van der Waals surface area contributed by atoms with Crippen LogP contribution in [-0.4, -0.2) is 74.2 Å². The molecule has 0 radical (unpaired) electrons. The van der Waals surface area contributed by atoms with Crippen LogP contribution in [0.1, 0.15) is 32.3 Å². The van der Waals surface area contributed by atoms with Gasteiger partial charge in [0.05, 0.1) is 18.1 Å². The molecule has 0 aromatic heterocycles. The van der Waals surface area contributed by atoms with Crippen molar-refractivity contribution in [3.8, 4) is 0 Å². The maximum atomic E-state index is 13.2. The van der Waals surface area contributed by atoms with E-state index in [4.69, 9.17) is 0 Å². The Balaban J connectivity index is 0.00000109. The molecule has 1 fully saturated rings. The van der Waals surface area contributed by atoms with Crippen molar-refractivity contribution in [2.45, 2.75) is 38.2 Å². The van der Waals surface area contributed by atoms with Gasteiger partial charge in [-0.05, 0) is 58.7 Å². The molecule has 1 atom stereocenters. The maximum Gasteiger partial charge on any atom is 0.237 e. The van der Waals surface area contributed by atoms with Crippen LogP contribution < -0.4 is 4.90 Å². The Morgan fingerprint density at radius 2 is 1.80 bits per heavy atom. The third kappa shape index (κ3) is 3.89. The summed E-state index contributed by atoms with van der Waals surface area (Å²) in [5.74, 6) is 0.171. The minimum atomic E-state index is -0.538. The first kappa shape index (κ1) is 19.9. The molecule has 1 amide bonds. The number of para-hydroxylation sites is 1. The van der Waals surface area contributed by atoms with E-state index in [-0.39, 0.29) is 11.3 Å². The number of hydrogen-bond acceptors (Lipinski definition) is 4. The summed E-state index contributed by atoms with van der Waals surface area (Å²) in [4.78, 5) is 19.3. The van der Waals surface area contributed by atoms with Gasteiger partial charge in [0, 0.05) is 12.2 Å². The molecule has 140 valence electrons. The number of aliphatic hydroxyl groups excluding tert-OH is 1.